The zero-order valence-corrected chi connectivity index (χ0v) is 9.29. The van der Waals surface area contributed by atoms with Crippen molar-refractivity contribution in [1.82, 2.24) is 0 Å². The number of Topliss-reactive ketones (excluding diaryl/α,β-unsaturated/α-hetero) is 1. The van der Waals surface area contributed by atoms with Crippen LogP contribution in [0.1, 0.15) is 32.3 Å². The van der Waals surface area contributed by atoms with Crippen LogP contribution in [0.4, 0.5) is 4.39 Å². The topological polar surface area (TPSA) is 17.1 Å². The highest BCUT2D eigenvalue weighted by atomic mass is 19.1. The van der Waals surface area contributed by atoms with Crippen molar-refractivity contribution in [3.8, 4) is 0 Å². The summed E-state index contributed by atoms with van der Waals surface area (Å²) in [7, 11) is 0. The Morgan fingerprint density at radius 1 is 1.33 bits per heavy atom. The molecule has 0 aromatic heterocycles. The largest absolute Gasteiger partial charge is 0.299 e. The van der Waals surface area contributed by atoms with Crippen LogP contribution in [0, 0.1) is 11.7 Å². The first kappa shape index (κ1) is 11.9. The smallest absolute Gasteiger partial charge is 0.140 e. The molecule has 15 heavy (non-hydrogen) atoms. The van der Waals surface area contributed by atoms with Gasteiger partial charge in [-0.2, -0.15) is 0 Å². The summed E-state index contributed by atoms with van der Waals surface area (Å²) in [6, 6.07) is 6.26. The van der Waals surface area contributed by atoms with Gasteiger partial charge < -0.3 is 0 Å². The third-order valence-electron chi connectivity index (χ3n) is 2.71. The Morgan fingerprint density at radius 3 is 2.53 bits per heavy atom. The van der Waals surface area contributed by atoms with E-state index in [1.165, 1.54) is 12.1 Å². The Morgan fingerprint density at radius 2 is 2.00 bits per heavy atom. The van der Waals surface area contributed by atoms with E-state index >= 15 is 0 Å². The van der Waals surface area contributed by atoms with Crippen molar-refractivity contribution < 1.29 is 9.18 Å². The summed E-state index contributed by atoms with van der Waals surface area (Å²) < 4.78 is 12.9. The molecule has 0 amide bonds. The highest BCUT2D eigenvalue weighted by Gasteiger charge is 2.14. The molecule has 0 unspecified atom stereocenters. The number of halogens is 1. The minimum absolute atomic E-state index is 0.119. The fourth-order valence-corrected chi connectivity index (χ4v) is 1.74. The Labute approximate surface area is 90.3 Å². The number of hydrogen-bond donors (Lipinski definition) is 0. The van der Waals surface area contributed by atoms with Gasteiger partial charge in [0.05, 0.1) is 0 Å². The molecule has 1 aromatic rings. The number of benzene rings is 1. The fourth-order valence-electron chi connectivity index (χ4n) is 1.74. The van der Waals surface area contributed by atoms with E-state index in [2.05, 4.69) is 0 Å². The van der Waals surface area contributed by atoms with Crippen LogP contribution in [0.2, 0.25) is 0 Å². The maximum atomic E-state index is 12.9. The standard InChI is InChI=1S/C13H17FO/c1-3-11(4-2)13(15)9-10-6-5-7-12(14)8-10/h5-8,11H,3-4,9H2,1-2H3. The second-order valence-corrected chi connectivity index (χ2v) is 3.79. The number of ketones is 1. The molecular formula is C13H17FO. The number of carbonyl (C=O) groups is 1. The van der Waals surface area contributed by atoms with Crippen LogP contribution in [-0.2, 0) is 11.2 Å². The number of hydrogen-bond acceptors (Lipinski definition) is 1. The van der Waals surface area contributed by atoms with Crippen LogP contribution in [0.15, 0.2) is 24.3 Å². The molecule has 1 nitrogen and oxygen atoms in total. The van der Waals surface area contributed by atoms with E-state index in [1.54, 1.807) is 12.1 Å². The minimum atomic E-state index is -0.273. The molecule has 0 aliphatic rings. The molecule has 0 saturated heterocycles. The number of rotatable bonds is 5. The van der Waals surface area contributed by atoms with Gasteiger partial charge in [-0.3, -0.25) is 4.79 Å². The van der Waals surface area contributed by atoms with Crippen molar-refractivity contribution in [3.63, 3.8) is 0 Å². The first-order valence-corrected chi connectivity index (χ1v) is 5.44. The molecule has 0 aliphatic heterocycles. The first-order valence-electron chi connectivity index (χ1n) is 5.44. The molecule has 0 aliphatic carbocycles. The summed E-state index contributed by atoms with van der Waals surface area (Å²) in [6.07, 6.45) is 2.08. The van der Waals surface area contributed by atoms with Gasteiger partial charge in [-0.15, -0.1) is 0 Å². The predicted molar refractivity (Wildman–Crippen MR) is 59.2 cm³/mol. The van der Waals surface area contributed by atoms with Crippen molar-refractivity contribution in [2.24, 2.45) is 5.92 Å². The maximum absolute atomic E-state index is 12.9. The lowest BCUT2D eigenvalue weighted by Gasteiger charge is -2.10. The molecule has 0 spiro atoms. The Kier molecular flexibility index (Phi) is 4.47. The minimum Gasteiger partial charge on any atom is -0.299 e. The normalized spacial score (nSPS) is 10.7. The summed E-state index contributed by atoms with van der Waals surface area (Å²) in [6.45, 7) is 4.02. The summed E-state index contributed by atoms with van der Waals surface area (Å²) in [5, 5.41) is 0. The van der Waals surface area contributed by atoms with Gasteiger partial charge in [0.25, 0.3) is 0 Å². The molecule has 0 atom stereocenters. The summed E-state index contributed by atoms with van der Waals surface area (Å²) >= 11 is 0. The average molecular weight is 208 g/mol. The van der Waals surface area contributed by atoms with Crippen molar-refractivity contribution in [1.29, 1.82) is 0 Å². The van der Waals surface area contributed by atoms with Crippen LogP contribution in [0.25, 0.3) is 0 Å². The highest BCUT2D eigenvalue weighted by Crippen LogP contribution is 2.13. The van der Waals surface area contributed by atoms with Crippen LogP contribution >= 0.6 is 0 Å². The SMILES string of the molecule is CCC(CC)C(=O)Cc1cccc(F)c1. The second kappa shape index (κ2) is 5.64. The van der Waals surface area contributed by atoms with Gasteiger partial charge >= 0.3 is 0 Å². The van der Waals surface area contributed by atoms with Crippen LogP contribution < -0.4 is 0 Å². The quantitative estimate of drug-likeness (QED) is 0.725. The van der Waals surface area contributed by atoms with Gasteiger partial charge in [0, 0.05) is 12.3 Å². The lowest BCUT2D eigenvalue weighted by atomic mass is 9.93. The third-order valence-corrected chi connectivity index (χ3v) is 2.71. The highest BCUT2D eigenvalue weighted by molar-refractivity contribution is 5.83. The maximum Gasteiger partial charge on any atom is 0.140 e. The van der Waals surface area contributed by atoms with Crippen molar-refractivity contribution in [3.05, 3.63) is 35.6 Å². The van der Waals surface area contributed by atoms with E-state index in [0.717, 1.165) is 18.4 Å². The third kappa shape index (κ3) is 3.46. The summed E-state index contributed by atoms with van der Waals surface area (Å²) in [5.41, 5.74) is 0.770. The average Bonchev–Trinajstić information content (AvgIpc) is 2.19. The Hall–Kier alpha value is -1.18. The van der Waals surface area contributed by atoms with Gasteiger partial charge in [-0.25, -0.2) is 4.39 Å². The van der Waals surface area contributed by atoms with Gasteiger partial charge in [0.2, 0.25) is 0 Å². The van der Waals surface area contributed by atoms with Gasteiger partial charge in [-0.05, 0) is 30.5 Å². The molecule has 0 radical (unpaired) electrons. The lowest BCUT2D eigenvalue weighted by Crippen LogP contribution is -2.15. The molecule has 0 heterocycles. The lowest BCUT2D eigenvalue weighted by molar-refractivity contribution is -0.122. The van der Waals surface area contributed by atoms with Crippen LogP contribution in [-0.4, -0.2) is 5.78 Å². The zero-order valence-electron chi connectivity index (χ0n) is 9.29. The van der Waals surface area contributed by atoms with E-state index < -0.39 is 0 Å². The summed E-state index contributed by atoms with van der Waals surface area (Å²) in [4.78, 5) is 11.8. The van der Waals surface area contributed by atoms with Crippen LogP contribution in [0.3, 0.4) is 0 Å². The van der Waals surface area contributed by atoms with E-state index in [0.29, 0.717) is 6.42 Å². The molecule has 82 valence electrons. The monoisotopic (exact) mass is 208 g/mol. The van der Waals surface area contributed by atoms with Gasteiger partial charge in [-0.1, -0.05) is 26.0 Å². The molecule has 0 bridgehead atoms. The molecule has 1 aromatic carbocycles. The van der Waals surface area contributed by atoms with Crippen molar-refractivity contribution in [2.75, 3.05) is 0 Å². The number of carbonyl (C=O) groups excluding carboxylic acids is 1. The zero-order chi connectivity index (χ0) is 11.3. The fraction of sp³-hybridized carbons (Fsp3) is 0.462. The van der Waals surface area contributed by atoms with E-state index in [-0.39, 0.29) is 17.5 Å². The van der Waals surface area contributed by atoms with Crippen molar-refractivity contribution in [2.45, 2.75) is 33.1 Å². The summed E-state index contributed by atoms with van der Waals surface area (Å²) in [5.74, 6) is 0.0590. The Balaban J connectivity index is 2.65. The van der Waals surface area contributed by atoms with Crippen molar-refractivity contribution >= 4 is 5.78 Å². The molecule has 2 heteroatoms. The molecule has 1 rings (SSSR count). The van der Waals surface area contributed by atoms with E-state index in [9.17, 15) is 9.18 Å². The van der Waals surface area contributed by atoms with E-state index in [4.69, 9.17) is 0 Å². The molecule has 0 N–H and O–H groups in total. The van der Waals surface area contributed by atoms with Crippen LogP contribution in [0.5, 0.6) is 0 Å². The molecule has 0 fully saturated rings. The Bertz CT molecular complexity index is 329. The van der Waals surface area contributed by atoms with E-state index in [1.807, 2.05) is 13.8 Å². The second-order valence-electron chi connectivity index (χ2n) is 3.79. The van der Waals surface area contributed by atoms with Gasteiger partial charge in [0.15, 0.2) is 0 Å². The molecule has 0 saturated carbocycles. The molecular weight excluding hydrogens is 191 g/mol. The first-order chi connectivity index (χ1) is 7.17. The van der Waals surface area contributed by atoms with Gasteiger partial charge in [0.1, 0.15) is 11.6 Å². The predicted octanol–water partition coefficient (Wildman–Crippen LogP) is 3.37.